The Labute approximate surface area is 171 Å². The van der Waals surface area contributed by atoms with Crippen molar-refractivity contribution in [3.8, 4) is 0 Å². The van der Waals surface area contributed by atoms with Gasteiger partial charge in [0, 0.05) is 30.1 Å². The molecule has 0 spiro atoms. The number of halogens is 1. The van der Waals surface area contributed by atoms with Gasteiger partial charge in [0.2, 0.25) is 0 Å². The molecule has 4 nitrogen and oxygen atoms in total. The van der Waals surface area contributed by atoms with E-state index >= 15 is 0 Å². The van der Waals surface area contributed by atoms with Crippen molar-refractivity contribution >= 4 is 11.8 Å². The number of benzene rings is 2. The van der Waals surface area contributed by atoms with E-state index in [1.165, 1.54) is 17.7 Å². The van der Waals surface area contributed by atoms with Crippen LogP contribution in [-0.2, 0) is 11.2 Å². The van der Waals surface area contributed by atoms with E-state index in [-0.39, 0.29) is 23.9 Å². The Balaban J connectivity index is 1.58. The number of ether oxygens (including phenoxy) is 1. The van der Waals surface area contributed by atoms with E-state index in [0.29, 0.717) is 13.1 Å². The largest absolute Gasteiger partial charge is 0.444 e. The van der Waals surface area contributed by atoms with E-state index in [1.807, 2.05) is 32.9 Å². The fourth-order valence-corrected chi connectivity index (χ4v) is 4.14. The molecule has 0 N–H and O–H groups in total. The molecule has 2 aromatic carbocycles. The third kappa shape index (κ3) is 4.34. The van der Waals surface area contributed by atoms with Gasteiger partial charge in [0.15, 0.2) is 0 Å². The number of likely N-dealkylation sites (tertiary alicyclic amines) is 1. The number of fused-ring (bicyclic) bond motifs is 1. The molecule has 2 atom stereocenters. The highest BCUT2D eigenvalue weighted by Gasteiger charge is 2.36. The maximum absolute atomic E-state index is 13.4. The second kappa shape index (κ2) is 7.62. The molecule has 152 valence electrons. The molecule has 4 rings (SSSR count). The van der Waals surface area contributed by atoms with Crippen LogP contribution in [0.15, 0.2) is 53.5 Å². The first-order valence-corrected chi connectivity index (χ1v) is 10.2. The van der Waals surface area contributed by atoms with E-state index in [4.69, 9.17) is 9.73 Å². The van der Waals surface area contributed by atoms with Crippen molar-refractivity contribution in [3.05, 3.63) is 71.0 Å². The van der Waals surface area contributed by atoms with Crippen LogP contribution in [0.1, 0.15) is 43.9 Å². The highest BCUT2D eigenvalue weighted by Crippen LogP contribution is 2.31. The molecule has 1 fully saturated rings. The van der Waals surface area contributed by atoms with Crippen LogP contribution in [-0.4, -0.2) is 41.4 Å². The molecule has 0 bridgehead atoms. The summed E-state index contributed by atoms with van der Waals surface area (Å²) in [5.41, 5.74) is 3.70. The summed E-state index contributed by atoms with van der Waals surface area (Å²) < 4.78 is 18.9. The molecule has 0 unspecified atom stereocenters. The lowest BCUT2D eigenvalue weighted by Crippen LogP contribution is -2.37. The van der Waals surface area contributed by atoms with Gasteiger partial charge in [0.1, 0.15) is 11.4 Å². The molecule has 1 saturated heterocycles. The maximum Gasteiger partial charge on any atom is 0.410 e. The number of rotatable bonds is 2. The molecule has 0 aliphatic carbocycles. The van der Waals surface area contributed by atoms with Crippen LogP contribution in [0.2, 0.25) is 0 Å². The molecule has 2 heterocycles. The van der Waals surface area contributed by atoms with Gasteiger partial charge in [-0.1, -0.05) is 24.3 Å². The van der Waals surface area contributed by atoms with Gasteiger partial charge >= 0.3 is 6.09 Å². The minimum absolute atomic E-state index is 0.0948. The van der Waals surface area contributed by atoms with Gasteiger partial charge in [0.25, 0.3) is 0 Å². The first-order valence-electron chi connectivity index (χ1n) is 10.2. The molecule has 29 heavy (non-hydrogen) atoms. The summed E-state index contributed by atoms with van der Waals surface area (Å²) in [7, 11) is 0. The summed E-state index contributed by atoms with van der Waals surface area (Å²) >= 11 is 0. The molecular formula is C24H27FN2O2. The van der Waals surface area contributed by atoms with Gasteiger partial charge in [-0.05, 0) is 63.4 Å². The molecule has 2 aromatic rings. The zero-order valence-corrected chi connectivity index (χ0v) is 17.2. The van der Waals surface area contributed by atoms with Crippen molar-refractivity contribution in [1.29, 1.82) is 0 Å². The Hall–Kier alpha value is -2.69. The summed E-state index contributed by atoms with van der Waals surface area (Å²) in [5, 5.41) is 0. The molecule has 0 saturated carbocycles. The van der Waals surface area contributed by atoms with Crippen LogP contribution in [0.3, 0.4) is 0 Å². The third-order valence-corrected chi connectivity index (χ3v) is 5.53. The fraction of sp³-hybridized carbons (Fsp3) is 0.417. The first-order chi connectivity index (χ1) is 13.8. The van der Waals surface area contributed by atoms with Crippen LogP contribution >= 0.6 is 0 Å². The van der Waals surface area contributed by atoms with E-state index in [1.54, 1.807) is 17.0 Å². The van der Waals surface area contributed by atoms with Crippen molar-refractivity contribution in [3.63, 3.8) is 0 Å². The normalized spacial score (nSPS) is 21.5. The molecule has 2 aliphatic heterocycles. The summed E-state index contributed by atoms with van der Waals surface area (Å²) in [5.74, 6) is 0.0325. The summed E-state index contributed by atoms with van der Waals surface area (Å²) in [6.07, 6.45) is 1.51. The standard InChI is InChI=1S/C24H27FN2O2/c1-24(2,3)29-23(28)27-13-12-18(15-27)21-14-17-6-4-5-7-20(17)22(26-21)16-8-10-19(25)11-9-16/h4-11,18,21H,12-15H2,1-3H3/t18-,21-/m1/s1. The summed E-state index contributed by atoms with van der Waals surface area (Å²) in [4.78, 5) is 19.3. The van der Waals surface area contributed by atoms with Gasteiger partial charge < -0.3 is 9.64 Å². The number of aliphatic imine (C=N–C) groups is 1. The monoisotopic (exact) mass is 394 g/mol. The Bertz CT molecular complexity index is 931. The number of hydrogen-bond acceptors (Lipinski definition) is 3. The van der Waals surface area contributed by atoms with E-state index < -0.39 is 5.60 Å². The Morgan fingerprint density at radius 1 is 1.14 bits per heavy atom. The van der Waals surface area contributed by atoms with Gasteiger partial charge in [0.05, 0.1) is 11.8 Å². The third-order valence-electron chi connectivity index (χ3n) is 5.53. The van der Waals surface area contributed by atoms with Crippen LogP contribution in [0.5, 0.6) is 0 Å². The maximum atomic E-state index is 13.4. The lowest BCUT2D eigenvalue weighted by atomic mass is 9.85. The Morgan fingerprint density at radius 3 is 2.59 bits per heavy atom. The number of amides is 1. The van der Waals surface area contributed by atoms with Crippen molar-refractivity contribution in [2.75, 3.05) is 13.1 Å². The quantitative estimate of drug-likeness (QED) is 0.731. The van der Waals surface area contributed by atoms with Crippen molar-refractivity contribution < 1.29 is 13.9 Å². The Kier molecular flexibility index (Phi) is 5.15. The lowest BCUT2D eigenvalue weighted by molar-refractivity contribution is 0.0286. The summed E-state index contributed by atoms with van der Waals surface area (Å²) in [6.45, 7) is 7.00. The minimum atomic E-state index is -0.493. The van der Waals surface area contributed by atoms with E-state index in [9.17, 15) is 9.18 Å². The molecular weight excluding hydrogens is 367 g/mol. The van der Waals surface area contributed by atoms with Gasteiger partial charge in [-0.25, -0.2) is 9.18 Å². The summed E-state index contributed by atoms with van der Waals surface area (Å²) in [6, 6.07) is 14.9. The molecule has 2 aliphatic rings. The average molecular weight is 394 g/mol. The van der Waals surface area contributed by atoms with Gasteiger partial charge in [-0.2, -0.15) is 0 Å². The van der Waals surface area contributed by atoms with Gasteiger partial charge in [-0.3, -0.25) is 4.99 Å². The molecule has 1 amide bonds. The van der Waals surface area contributed by atoms with Crippen molar-refractivity contribution in [2.24, 2.45) is 10.9 Å². The van der Waals surface area contributed by atoms with Crippen LogP contribution in [0, 0.1) is 11.7 Å². The second-order valence-electron chi connectivity index (χ2n) is 8.89. The first kappa shape index (κ1) is 19.6. The van der Waals surface area contributed by atoms with Crippen LogP contribution in [0.4, 0.5) is 9.18 Å². The number of carbonyl (C=O) groups is 1. The predicted octanol–water partition coefficient (Wildman–Crippen LogP) is 4.84. The fourth-order valence-electron chi connectivity index (χ4n) is 4.14. The van der Waals surface area contributed by atoms with Crippen molar-refractivity contribution in [1.82, 2.24) is 4.90 Å². The topological polar surface area (TPSA) is 41.9 Å². The molecule has 5 heteroatoms. The van der Waals surface area contributed by atoms with E-state index in [0.717, 1.165) is 29.7 Å². The number of nitrogens with zero attached hydrogens (tertiary/aromatic N) is 2. The minimum Gasteiger partial charge on any atom is -0.444 e. The van der Waals surface area contributed by atoms with Crippen molar-refractivity contribution in [2.45, 2.75) is 45.3 Å². The smallest absolute Gasteiger partial charge is 0.410 e. The zero-order chi connectivity index (χ0) is 20.6. The molecule has 0 aromatic heterocycles. The average Bonchev–Trinajstić information content (AvgIpc) is 3.17. The highest BCUT2D eigenvalue weighted by molar-refractivity contribution is 6.14. The van der Waals surface area contributed by atoms with Gasteiger partial charge in [-0.15, -0.1) is 0 Å². The van der Waals surface area contributed by atoms with Crippen LogP contribution in [0.25, 0.3) is 0 Å². The zero-order valence-electron chi connectivity index (χ0n) is 17.2. The second-order valence-corrected chi connectivity index (χ2v) is 8.89. The van der Waals surface area contributed by atoms with Crippen LogP contribution < -0.4 is 0 Å². The Morgan fingerprint density at radius 2 is 1.86 bits per heavy atom. The number of carbonyl (C=O) groups excluding carboxylic acids is 1. The van der Waals surface area contributed by atoms with E-state index in [2.05, 4.69) is 12.1 Å². The highest BCUT2D eigenvalue weighted by atomic mass is 19.1. The molecule has 0 radical (unpaired) electrons. The number of hydrogen-bond donors (Lipinski definition) is 0. The predicted molar refractivity (Wildman–Crippen MR) is 112 cm³/mol. The SMILES string of the molecule is CC(C)(C)OC(=O)N1CC[C@@H]([C@H]2Cc3ccccc3C(c3ccc(F)cc3)=N2)C1. The lowest BCUT2D eigenvalue weighted by Gasteiger charge is -2.28.